The Kier molecular flexibility index (Phi) is 6.13. The molecule has 2 aromatic carbocycles. The van der Waals surface area contributed by atoms with Gasteiger partial charge in [0.25, 0.3) is 5.56 Å². The van der Waals surface area contributed by atoms with Crippen molar-refractivity contribution in [1.82, 2.24) is 15.2 Å². The molecule has 3 rings (SSSR count). The zero-order valence-electron chi connectivity index (χ0n) is 14.8. The molecule has 0 saturated carbocycles. The van der Waals surface area contributed by atoms with E-state index in [9.17, 15) is 4.79 Å². The Hall–Kier alpha value is -3.68. The third-order valence-electron chi connectivity index (χ3n) is 3.46. The standard InChI is InChI=1S/C19H19N5O3/c1-2-26-17-10-15(11-20-23-19-22-18(25)12-21-24-19)8-9-16(17)27-13-14-6-4-3-5-7-14/h3-12H,2,13H2,1H3,(H2,22,23,24,25)/b20-11+. The van der Waals surface area contributed by atoms with Gasteiger partial charge in [0.2, 0.25) is 5.95 Å². The van der Waals surface area contributed by atoms with Crippen LogP contribution in [0.1, 0.15) is 18.1 Å². The second-order valence-electron chi connectivity index (χ2n) is 5.47. The topological polar surface area (TPSA) is 101 Å². The number of aromatic nitrogens is 3. The molecule has 1 aromatic heterocycles. The molecule has 138 valence electrons. The van der Waals surface area contributed by atoms with Gasteiger partial charge >= 0.3 is 0 Å². The zero-order valence-corrected chi connectivity index (χ0v) is 14.8. The van der Waals surface area contributed by atoms with Gasteiger partial charge in [-0.1, -0.05) is 30.3 Å². The number of aromatic amines is 1. The number of rotatable bonds is 8. The summed E-state index contributed by atoms with van der Waals surface area (Å²) in [5, 5.41) is 11.3. The van der Waals surface area contributed by atoms with Crippen molar-refractivity contribution in [3.63, 3.8) is 0 Å². The van der Waals surface area contributed by atoms with Gasteiger partial charge in [-0.25, -0.2) is 5.43 Å². The highest BCUT2D eigenvalue weighted by atomic mass is 16.5. The minimum Gasteiger partial charge on any atom is -0.490 e. The van der Waals surface area contributed by atoms with Gasteiger partial charge < -0.3 is 9.47 Å². The number of benzene rings is 2. The van der Waals surface area contributed by atoms with Crippen LogP contribution >= 0.6 is 0 Å². The van der Waals surface area contributed by atoms with Crippen LogP contribution in [0, 0.1) is 0 Å². The lowest BCUT2D eigenvalue weighted by molar-refractivity contribution is 0.269. The van der Waals surface area contributed by atoms with Gasteiger partial charge in [-0.05, 0) is 36.2 Å². The summed E-state index contributed by atoms with van der Waals surface area (Å²) in [6.45, 7) is 2.88. The number of anilines is 1. The predicted molar refractivity (Wildman–Crippen MR) is 102 cm³/mol. The molecule has 0 aliphatic heterocycles. The normalized spacial score (nSPS) is 10.7. The average Bonchev–Trinajstić information content (AvgIpc) is 2.68. The number of ether oxygens (including phenoxy) is 2. The highest BCUT2D eigenvalue weighted by Gasteiger charge is 2.06. The molecule has 0 atom stereocenters. The van der Waals surface area contributed by atoms with Crippen LogP contribution in [-0.4, -0.2) is 28.0 Å². The molecular weight excluding hydrogens is 346 g/mol. The quantitative estimate of drug-likeness (QED) is 0.470. The van der Waals surface area contributed by atoms with Crippen molar-refractivity contribution < 1.29 is 9.47 Å². The van der Waals surface area contributed by atoms with Gasteiger partial charge in [0, 0.05) is 0 Å². The predicted octanol–water partition coefficient (Wildman–Crippen LogP) is 2.59. The lowest BCUT2D eigenvalue weighted by atomic mass is 10.2. The lowest BCUT2D eigenvalue weighted by Crippen LogP contribution is -2.10. The highest BCUT2D eigenvalue weighted by Crippen LogP contribution is 2.28. The van der Waals surface area contributed by atoms with Crippen molar-refractivity contribution in [3.8, 4) is 11.5 Å². The Morgan fingerprint density at radius 1 is 1.15 bits per heavy atom. The zero-order chi connectivity index (χ0) is 18.9. The molecule has 8 heteroatoms. The molecule has 1 heterocycles. The van der Waals surface area contributed by atoms with Crippen LogP contribution in [0.15, 0.2) is 64.6 Å². The minimum atomic E-state index is -0.360. The summed E-state index contributed by atoms with van der Waals surface area (Å²) in [5.74, 6) is 1.45. The summed E-state index contributed by atoms with van der Waals surface area (Å²) < 4.78 is 11.5. The SMILES string of the molecule is CCOc1cc(/C=N/Nc2nncc(=O)[nH]2)ccc1OCc1ccccc1. The van der Waals surface area contributed by atoms with E-state index in [1.807, 2.05) is 55.5 Å². The Morgan fingerprint density at radius 2 is 2.00 bits per heavy atom. The van der Waals surface area contributed by atoms with Gasteiger partial charge in [-0.2, -0.15) is 5.10 Å². The van der Waals surface area contributed by atoms with E-state index in [0.29, 0.717) is 24.7 Å². The first-order valence-electron chi connectivity index (χ1n) is 8.39. The summed E-state index contributed by atoms with van der Waals surface area (Å²) >= 11 is 0. The largest absolute Gasteiger partial charge is 0.490 e. The molecule has 0 radical (unpaired) electrons. The molecule has 0 fully saturated rings. The molecule has 2 N–H and O–H groups in total. The van der Waals surface area contributed by atoms with Gasteiger partial charge in [-0.3, -0.25) is 9.78 Å². The minimum absolute atomic E-state index is 0.159. The second-order valence-corrected chi connectivity index (χ2v) is 5.47. The van der Waals surface area contributed by atoms with Crippen molar-refractivity contribution in [2.45, 2.75) is 13.5 Å². The maximum absolute atomic E-state index is 11.2. The molecule has 0 bridgehead atoms. The van der Waals surface area contributed by atoms with Crippen molar-refractivity contribution in [3.05, 3.63) is 76.2 Å². The van der Waals surface area contributed by atoms with E-state index < -0.39 is 0 Å². The molecular formula is C19H19N5O3. The summed E-state index contributed by atoms with van der Waals surface area (Å²) in [6.07, 6.45) is 2.66. The summed E-state index contributed by atoms with van der Waals surface area (Å²) in [5.41, 5.74) is 4.13. The highest BCUT2D eigenvalue weighted by molar-refractivity contribution is 5.81. The Morgan fingerprint density at radius 3 is 2.78 bits per heavy atom. The van der Waals surface area contributed by atoms with Crippen LogP contribution < -0.4 is 20.5 Å². The van der Waals surface area contributed by atoms with Crippen molar-refractivity contribution in [1.29, 1.82) is 0 Å². The van der Waals surface area contributed by atoms with E-state index in [0.717, 1.165) is 17.3 Å². The first-order chi connectivity index (χ1) is 13.2. The first kappa shape index (κ1) is 18.1. The van der Waals surface area contributed by atoms with Gasteiger partial charge in [0.1, 0.15) is 12.8 Å². The monoisotopic (exact) mass is 365 g/mol. The van der Waals surface area contributed by atoms with Crippen molar-refractivity contribution >= 4 is 12.2 Å². The molecule has 0 spiro atoms. The van der Waals surface area contributed by atoms with E-state index >= 15 is 0 Å². The molecule has 27 heavy (non-hydrogen) atoms. The Bertz CT molecular complexity index is 957. The second kappa shape index (κ2) is 9.14. The maximum Gasteiger partial charge on any atom is 0.271 e. The summed E-state index contributed by atoms with van der Waals surface area (Å²) in [6, 6.07) is 15.4. The van der Waals surface area contributed by atoms with Crippen molar-refractivity contribution in [2.24, 2.45) is 5.10 Å². The Balaban J connectivity index is 1.68. The average molecular weight is 365 g/mol. The third kappa shape index (κ3) is 5.40. The van der Waals surface area contributed by atoms with E-state index in [-0.39, 0.29) is 11.5 Å². The molecule has 3 aromatic rings. The number of hydrogen-bond donors (Lipinski definition) is 2. The molecule has 8 nitrogen and oxygen atoms in total. The van der Waals surface area contributed by atoms with Gasteiger partial charge in [0.05, 0.1) is 12.8 Å². The van der Waals surface area contributed by atoms with Crippen LogP contribution in [0.25, 0.3) is 0 Å². The molecule has 0 aliphatic carbocycles. The third-order valence-corrected chi connectivity index (χ3v) is 3.46. The lowest BCUT2D eigenvalue weighted by Gasteiger charge is -2.12. The number of nitrogens with zero attached hydrogens (tertiary/aromatic N) is 3. The number of hydrazone groups is 1. The number of H-pyrrole nitrogens is 1. The van der Waals surface area contributed by atoms with Gasteiger partial charge in [0.15, 0.2) is 11.5 Å². The van der Waals surface area contributed by atoms with E-state index in [1.54, 1.807) is 6.21 Å². The van der Waals surface area contributed by atoms with Crippen LogP contribution in [0.2, 0.25) is 0 Å². The van der Waals surface area contributed by atoms with Crippen LogP contribution in [-0.2, 0) is 6.61 Å². The molecule has 0 unspecified atom stereocenters. The molecule has 0 saturated heterocycles. The fourth-order valence-corrected chi connectivity index (χ4v) is 2.26. The van der Waals surface area contributed by atoms with Crippen LogP contribution in [0.3, 0.4) is 0 Å². The fourth-order valence-electron chi connectivity index (χ4n) is 2.26. The van der Waals surface area contributed by atoms with E-state index in [1.165, 1.54) is 0 Å². The van der Waals surface area contributed by atoms with E-state index in [4.69, 9.17) is 9.47 Å². The van der Waals surface area contributed by atoms with Crippen LogP contribution in [0.4, 0.5) is 5.95 Å². The first-order valence-corrected chi connectivity index (χ1v) is 8.39. The molecule has 0 amide bonds. The maximum atomic E-state index is 11.2. The smallest absolute Gasteiger partial charge is 0.271 e. The number of hydrogen-bond acceptors (Lipinski definition) is 7. The fraction of sp³-hybridized carbons (Fsp3) is 0.158. The summed E-state index contributed by atoms with van der Waals surface area (Å²) in [7, 11) is 0. The van der Waals surface area contributed by atoms with Gasteiger partial charge in [-0.15, -0.1) is 10.2 Å². The Labute approximate surface area is 155 Å². The molecule has 0 aliphatic rings. The van der Waals surface area contributed by atoms with E-state index in [2.05, 4.69) is 25.7 Å². The van der Waals surface area contributed by atoms with Crippen LogP contribution in [0.5, 0.6) is 11.5 Å². The number of nitrogens with one attached hydrogen (secondary N) is 2. The summed E-state index contributed by atoms with van der Waals surface area (Å²) in [4.78, 5) is 13.6. The van der Waals surface area contributed by atoms with Crippen molar-refractivity contribution in [2.75, 3.05) is 12.0 Å².